The number of hydrogen-bond donors (Lipinski definition) is 0. The van der Waals surface area contributed by atoms with Crippen LogP contribution in [0.1, 0.15) is 74.6 Å². The predicted octanol–water partition coefficient (Wildman–Crippen LogP) is 7.49. The maximum absolute atomic E-state index is 6.38. The third-order valence-electron chi connectivity index (χ3n) is 7.59. The Morgan fingerprint density at radius 3 is 2.60 bits per heavy atom. The van der Waals surface area contributed by atoms with Crippen LogP contribution in [-0.2, 0) is 20.8 Å². The number of hydrogen-bond acceptors (Lipinski definition) is 7. The van der Waals surface area contributed by atoms with Crippen LogP contribution in [0.15, 0.2) is 43.0 Å². The van der Waals surface area contributed by atoms with Crippen molar-refractivity contribution in [3.63, 3.8) is 0 Å². The van der Waals surface area contributed by atoms with Gasteiger partial charge in [0.2, 0.25) is 0 Å². The van der Waals surface area contributed by atoms with Crippen LogP contribution in [-0.4, -0.2) is 50.7 Å². The summed E-state index contributed by atoms with van der Waals surface area (Å²) in [5.41, 5.74) is 3.49. The average Bonchev–Trinajstić information content (AvgIpc) is 3.61. The van der Waals surface area contributed by atoms with Crippen molar-refractivity contribution in [3.05, 3.63) is 69.9 Å². The van der Waals surface area contributed by atoms with Crippen molar-refractivity contribution in [2.75, 3.05) is 19.8 Å². The number of pyridine rings is 1. The first-order valence-electron chi connectivity index (χ1n) is 14.6. The van der Waals surface area contributed by atoms with Gasteiger partial charge in [0.25, 0.3) is 0 Å². The molecular formula is C31H35Cl2N5O4. The Morgan fingerprint density at radius 1 is 1.02 bits per heavy atom. The number of ether oxygens (including phenoxy) is 4. The highest BCUT2D eigenvalue weighted by atomic mass is 35.5. The van der Waals surface area contributed by atoms with Gasteiger partial charge in [-0.25, -0.2) is 4.68 Å². The van der Waals surface area contributed by atoms with Crippen molar-refractivity contribution < 1.29 is 18.9 Å². The molecule has 0 radical (unpaired) electrons. The van der Waals surface area contributed by atoms with E-state index in [0.29, 0.717) is 34.5 Å². The minimum atomic E-state index is -0.374. The average molecular weight is 613 g/mol. The highest BCUT2D eigenvalue weighted by Gasteiger charge is 2.22. The molecule has 0 bridgehead atoms. The number of halogens is 2. The fourth-order valence-electron chi connectivity index (χ4n) is 5.43. The van der Waals surface area contributed by atoms with E-state index in [1.165, 1.54) is 0 Å². The van der Waals surface area contributed by atoms with E-state index in [4.69, 9.17) is 47.2 Å². The molecule has 0 spiro atoms. The number of nitrogens with zero attached hydrogens (tertiary/aromatic N) is 5. The van der Waals surface area contributed by atoms with Crippen LogP contribution in [0.2, 0.25) is 10.0 Å². The molecule has 11 heteroatoms. The fraction of sp³-hybridized carbons (Fsp3) is 0.452. The molecule has 3 aromatic heterocycles. The monoisotopic (exact) mass is 611 g/mol. The van der Waals surface area contributed by atoms with E-state index in [-0.39, 0.29) is 18.6 Å². The Labute approximate surface area is 255 Å². The van der Waals surface area contributed by atoms with Crippen molar-refractivity contribution in [3.8, 4) is 5.75 Å². The van der Waals surface area contributed by atoms with Gasteiger partial charge in [-0.3, -0.25) is 9.67 Å². The Hall–Kier alpha value is -2.95. The quantitative estimate of drug-likeness (QED) is 0.184. The van der Waals surface area contributed by atoms with E-state index in [2.05, 4.69) is 10.1 Å². The summed E-state index contributed by atoms with van der Waals surface area (Å²) < 4.78 is 27.8. The van der Waals surface area contributed by atoms with Crippen LogP contribution in [0.4, 0.5) is 0 Å². The molecule has 0 amide bonds. The molecule has 0 N–H and O–H groups in total. The lowest BCUT2D eigenvalue weighted by molar-refractivity contribution is -0.163. The highest BCUT2D eigenvalue weighted by molar-refractivity contribution is 6.35. The zero-order valence-electron chi connectivity index (χ0n) is 23.6. The summed E-state index contributed by atoms with van der Waals surface area (Å²) in [6, 6.07) is 5.99. The molecule has 222 valence electrons. The first kappa shape index (κ1) is 29.1. The van der Waals surface area contributed by atoms with E-state index in [9.17, 15) is 0 Å². The molecule has 3 atom stereocenters. The molecule has 6 rings (SSSR count). The maximum Gasteiger partial charge on any atom is 0.157 e. The van der Waals surface area contributed by atoms with Crippen LogP contribution in [0, 0.1) is 0 Å². The van der Waals surface area contributed by atoms with Crippen molar-refractivity contribution in [1.82, 2.24) is 24.5 Å². The maximum atomic E-state index is 6.38. The second-order valence-electron chi connectivity index (χ2n) is 10.6. The van der Waals surface area contributed by atoms with Crippen LogP contribution < -0.4 is 4.74 Å². The molecule has 2 aliphatic rings. The van der Waals surface area contributed by atoms with Gasteiger partial charge in [0.1, 0.15) is 11.9 Å². The minimum absolute atomic E-state index is 0.0965. The normalized spacial score (nSPS) is 20.4. The van der Waals surface area contributed by atoms with Crippen molar-refractivity contribution >= 4 is 46.3 Å². The Morgan fingerprint density at radius 2 is 1.83 bits per heavy atom. The predicted molar refractivity (Wildman–Crippen MR) is 163 cm³/mol. The Kier molecular flexibility index (Phi) is 9.41. The van der Waals surface area contributed by atoms with E-state index >= 15 is 0 Å². The van der Waals surface area contributed by atoms with Gasteiger partial charge in [0, 0.05) is 48.3 Å². The van der Waals surface area contributed by atoms with Crippen LogP contribution in [0.5, 0.6) is 5.75 Å². The van der Waals surface area contributed by atoms with Gasteiger partial charge in [-0.2, -0.15) is 10.2 Å². The van der Waals surface area contributed by atoms with Crippen LogP contribution in [0.25, 0.3) is 23.1 Å². The topological polar surface area (TPSA) is 85.5 Å². The summed E-state index contributed by atoms with van der Waals surface area (Å²) in [7, 11) is 0. The third kappa shape index (κ3) is 6.82. The highest BCUT2D eigenvalue weighted by Crippen LogP contribution is 2.35. The number of aromatic nitrogens is 5. The smallest absolute Gasteiger partial charge is 0.157 e. The van der Waals surface area contributed by atoms with Crippen molar-refractivity contribution in [2.45, 2.75) is 70.6 Å². The molecule has 42 heavy (non-hydrogen) atoms. The van der Waals surface area contributed by atoms with Gasteiger partial charge in [0.15, 0.2) is 12.5 Å². The van der Waals surface area contributed by atoms with Gasteiger partial charge in [0.05, 0.1) is 40.6 Å². The molecule has 2 saturated heterocycles. The minimum Gasteiger partial charge on any atom is -0.486 e. The first-order valence-corrected chi connectivity index (χ1v) is 15.3. The summed E-state index contributed by atoms with van der Waals surface area (Å²) in [4.78, 5) is 4.05. The van der Waals surface area contributed by atoms with Gasteiger partial charge < -0.3 is 18.9 Å². The van der Waals surface area contributed by atoms with E-state index < -0.39 is 0 Å². The lowest BCUT2D eigenvalue weighted by Gasteiger charge is -2.23. The van der Waals surface area contributed by atoms with Gasteiger partial charge in [-0.1, -0.05) is 23.2 Å². The Bertz CT molecular complexity index is 1500. The largest absolute Gasteiger partial charge is 0.486 e. The van der Waals surface area contributed by atoms with Crippen LogP contribution in [0.3, 0.4) is 0 Å². The second kappa shape index (κ2) is 13.6. The molecule has 5 heterocycles. The standard InChI is InChI=1S/C31H35Cl2N5O4/c1-21(31-25(32)18-34-19-26(31)33)42-23-9-11-28-24(16-23)27(36-38(28)29-6-2-4-13-39-29)10-8-22-17-35-37(20-22)12-15-41-30-7-3-5-14-40-30/h8-11,16-21,29-30H,2-7,12-15H2,1H3/t21-,29?,30?/m1/s1. The Balaban J connectivity index is 1.22. The second-order valence-corrected chi connectivity index (χ2v) is 11.5. The van der Waals surface area contributed by atoms with Crippen LogP contribution >= 0.6 is 23.2 Å². The molecular weight excluding hydrogens is 577 g/mol. The number of rotatable bonds is 10. The van der Waals surface area contributed by atoms with E-state index in [1.54, 1.807) is 12.4 Å². The molecule has 0 saturated carbocycles. The van der Waals surface area contributed by atoms with Gasteiger partial charge in [-0.05, 0) is 75.8 Å². The summed E-state index contributed by atoms with van der Waals surface area (Å²) in [6.45, 7) is 4.65. The molecule has 2 unspecified atom stereocenters. The van der Waals surface area contributed by atoms with E-state index in [0.717, 1.165) is 73.9 Å². The molecule has 4 aromatic rings. The molecule has 1 aromatic carbocycles. The summed E-state index contributed by atoms with van der Waals surface area (Å²) in [5.74, 6) is 0.687. The van der Waals surface area contributed by atoms with Gasteiger partial charge in [-0.15, -0.1) is 0 Å². The SMILES string of the molecule is C[C@@H](Oc1ccc2c(c1)c(C=Cc1cnn(CCOC3CCCCO3)c1)nn2C1CCCCO1)c1c(Cl)cncc1Cl. The number of fused-ring (bicyclic) bond motifs is 1. The first-order chi connectivity index (χ1) is 20.5. The van der Waals surface area contributed by atoms with Crippen molar-refractivity contribution in [2.24, 2.45) is 0 Å². The third-order valence-corrected chi connectivity index (χ3v) is 8.20. The molecule has 9 nitrogen and oxygen atoms in total. The molecule has 0 aliphatic carbocycles. The van der Waals surface area contributed by atoms with Crippen molar-refractivity contribution in [1.29, 1.82) is 0 Å². The zero-order chi connectivity index (χ0) is 28.9. The number of benzene rings is 1. The fourth-order valence-corrected chi connectivity index (χ4v) is 6.10. The summed E-state index contributed by atoms with van der Waals surface area (Å²) in [5, 5.41) is 11.4. The molecule has 2 aliphatic heterocycles. The van der Waals surface area contributed by atoms with E-state index in [1.807, 2.05) is 59.0 Å². The summed E-state index contributed by atoms with van der Waals surface area (Å²) in [6.07, 6.45) is 16.8. The van der Waals surface area contributed by atoms with Gasteiger partial charge >= 0.3 is 0 Å². The summed E-state index contributed by atoms with van der Waals surface area (Å²) >= 11 is 12.8. The zero-order valence-corrected chi connectivity index (χ0v) is 25.1. The lowest BCUT2D eigenvalue weighted by Crippen LogP contribution is -2.24. The lowest BCUT2D eigenvalue weighted by atomic mass is 10.1. The molecule has 2 fully saturated rings.